The summed E-state index contributed by atoms with van der Waals surface area (Å²) in [6, 6.07) is 9.62. The second kappa shape index (κ2) is 8.18. The van der Waals surface area contributed by atoms with E-state index < -0.39 is 0 Å². The lowest BCUT2D eigenvalue weighted by Gasteiger charge is -2.29. The lowest BCUT2D eigenvalue weighted by Crippen LogP contribution is -2.13. The van der Waals surface area contributed by atoms with Gasteiger partial charge in [0.25, 0.3) is 0 Å². The zero-order valence-electron chi connectivity index (χ0n) is 15.2. The van der Waals surface area contributed by atoms with Crippen molar-refractivity contribution < 1.29 is 0 Å². The van der Waals surface area contributed by atoms with Gasteiger partial charge in [-0.25, -0.2) is 0 Å². The summed E-state index contributed by atoms with van der Waals surface area (Å²) >= 11 is 0. The van der Waals surface area contributed by atoms with Crippen molar-refractivity contribution in [1.82, 2.24) is 0 Å². The van der Waals surface area contributed by atoms with E-state index in [1.54, 1.807) is 11.1 Å². The first-order valence-corrected chi connectivity index (χ1v) is 10.1. The normalized spacial score (nSPS) is 28.4. The predicted octanol–water partition coefficient (Wildman–Crippen LogP) is 7.35. The Morgan fingerprint density at radius 1 is 0.957 bits per heavy atom. The smallest absolute Gasteiger partial charge is 0.0162 e. The first kappa shape index (κ1) is 16.8. The second-order valence-corrected chi connectivity index (χ2v) is 8.09. The molecular formula is C23H34. The largest absolute Gasteiger partial charge is 0.0805 e. The number of rotatable bonds is 5. The molecule has 1 unspecified atom stereocenters. The molecule has 1 saturated carbocycles. The Morgan fingerprint density at radius 2 is 1.70 bits per heavy atom. The number of unbranched alkanes of at least 4 members (excludes halogenated alkanes) is 1. The molecule has 1 fully saturated rings. The van der Waals surface area contributed by atoms with Crippen molar-refractivity contribution in [2.75, 3.05) is 0 Å². The van der Waals surface area contributed by atoms with Crippen LogP contribution in [0.15, 0.2) is 30.3 Å². The molecule has 0 heteroatoms. The highest BCUT2D eigenvalue weighted by Crippen LogP contribution is 2.38. The Hall–Kier alpha value is -1.04. The van der Waals surface area contributed by atoms with Gasteiger partial charge < -0.3 is 0 Å². The van der Waals surface area contributed by atoms with Crippen LogP contribution in [0.5, 0.6) is 0 Å². The predicted molar refractivity (Wildman–Crippen MR) is 102 cm³/mol. The Kier molecular flexibility index (Phi) is 5.97. The SMILES string of the molecule is CCCCC1CCC(c2ccc(C3=CCC(C)CC3)cc2)CC1. The summed E-state index contributed by atoms with van der Waals surface area (Å²) in [4.78, 5) is 0. The van der Waals surface area contributed by atoms with Crippen LogP contribution in [0.4, 0.5) is 0 Å². The second-order valence-electron chi connectivity index (χ2n) is 8.09. The molecule has 3 rings (SSSR count). The molecule has 0 radical (unpaired) electrons. The summed E-state index contributed by atoms with van der Waals surface area (Å²) in [5.41, 5.74) is 4.64. The van der Waals surface area contributed by atoms with Crippen LogP contribution in [0.2, 0.25) is 0 Å². The van der Waals surface area contributed by atoms with Gasteiger partial charge in [-0.2, -0.15) is 0 Å². The zero-order valence-corrected chi connectivity index (χ0v) is 15.2. The van der Waals surface area contributed by atoms with Crippen LogP contribution in [0.25, 0.3) is 5.57 Å². The lowest BCUT2D eigenvalue weighted by atomic mass is 9.77. The maximum atomic E-state index is 2.47. The monoisotopic (exact) mass is 310 g/mol. The molecule has 0 aliphatic heterocycles. The van der Waals surface area contributed by atoms with Gasteiger partial charge >= 0.3 is 0 Å². The van der Waals surface area contributed by atoms with Gasteiger partial charge in [-0.05, 0) is 79.4 Å². The quantitative estimate of drug-likeness (QED) is 0.533. The summed E-state index contributed by atoms with van der Waals surface area (Å²) in [6.07, 6.45) is 16.3. The number of allylic oxidation sites excluding steroid dienone is 2. The van der Waals surface area contributed by atoms with E-state index in [0.29, 0.717) is 0 Å². The van der Waals surface area contributed by atoms with Crippen molar-refractivity contribution in [2.45, 2.75) is 84.0 Å². The highest BCUT2D eigenvalue weighted by atomic mass is 14.3. The van der Waals surface area contributed by atoms with Crippen molar-refractivity contribution in [1.29, 1.82) is 0 Å². The van der Waals surface area contributed by atoms with Crippen LogP contribution in [-0.2, 0) is 0 Å². The first-order valence-electron chi connectivity index (χ1n) is 10.1. The van der Waals surface area contributed by atoms with Gasteiger partial charge in [-0.3, -0.25) is 0 Å². The maximum absolute atomic E-state index is 2.47. The van der Waals surface area contributed by atoms with Gasteiger partial charge in [-0.15, -0.1) is 0 Å². The van der Waals surface area contributed by atoms with E-state index >= 15 is 0 Å². The molecule has 0 nitrogen and oxygen atoms in total. The topological polar surface area (TPSA) is 0 Å². The average molecular weight is 311 g/mol. The van der Waals surface area contributed by atoms with Crippen LogP contribution < -0.4 is 0 Å². The molecule has 0 amide bonds. The molecule has 0 heterocycles. The summed E-state index contributed by atoms with van der Waals surface area (Å²) in [6.45, 7) is 4.68. The summed E-state index contributed by atoms with van der Waals surface area (Å²) in [5.74, 6) is 2.71. The van der Waals surface area contributed by atoms with E-state index in [2.05, 4.69) is 44.2 Å². The van der Waals surface area contributed by atoms with E-state index in [0.717, 1.165) is 17.8 Å². The number of hydrogen-bond acceptors (Lipinski definition) is 0. The van der Waals surface area contributed by atoms with E-state index in [4.69, 9.17) is 0 Å². The molecule has 1 aromatic carbocycles. The Bertz CT molecular complexity index is 499. The Labute approximate surface area is 143 Å². The van der Waals surface area contributed by atoms with Crippen LogP contribution in [0, 0.1) is 11.8 Å². The summed E-state index contributed by atoms with van der Waals surface area (Å²) in [5, 5.41) is 0. The third-order valence-electron chi connectivity index (χ3n) is 6.24. The average Bonchev–Trinajstić information content (AvgIpc) is 2.61. The van der Waals surface area contributed by atoms with E-state index in [1.807, 2.05) is 0 Å². The van der Waals surface area contributed by atoms with Gasteiger partial charge in [0.05, 0.1) is 0 Å². The minimum Gasteiger partial charge on any atom is -0.0805 e. The van der Waals surface area contributed by atoms with Crippen LogP contribution in [-0.4, -0.2) is 0 Å². The Morgan fingerprint density at radius 3 is 2.30 bits per heavy atom. The van der Waals surface area contributed by atoms with Gasteiger partial charge in [0, 0.05) is 0 Å². The molecule has 1 aromatic rings. The molecule has 0 bridgehead atoms. The van der Waals surface area contributed by atoms with Crippen molar-refractivity contribution in [3.8, 4) is 0 Å². The highest BCUT2D eigenvalue weighted by Gasteiger charge is 2.22. The fraction of sp³-hybridized carbons (Fsp3) is 0.652. The standard InChI is InChI=1S/C23H34/c1-3-4-5-19-8-12-21(13-9-19)23-16-14-22(15-17-23)20-10-6-18(2)7-11-20/h10,14-19,21H,3-9,11-13H2,1-2H3. The zero-order chi connectivity index (χ0) is 16.1. The molecule has 0 aromatic heterocycles. The molecule has 23 heavy (non-hydrogen) atoms. The van der Waals surface area contributed by atoms with Crippen molar-refractivity contribution >= 4 is 5.57 Å². The van der Waals surface area contributed by atoms with Crippen molar-refractivity contribution in [2.24, 2.45) is 11.8 Å². The summed E-state index contributed by atoms with van der Waals surface area (Å²) in [7, 11) is 0. The third-order valence-corrected chi connectivity index (χ3v) is 6.24. The Balaban J connectivity index is 1.56. The van der Waals surface area contributed by atoms with Crippen LogP contribution in [0.1, 0.15) is 95.1 Å². The van der Waals surface area contributed by atoms with Crippen LogP contribution in [0.3, 0.4) is 0 Å². The highest BCUT2D eigenvalue weighted by molar-refractivity contribution is 5.66. The fourth-order valence-corrected chi connectivity index (χ4v) is 4.47. The van der Waals surface area contributed by atoms with E-state index in [9.17, 15) is 0 Å². The van der Waals surface area contributed by atoms with Crippen molar-refractivity contribution in [3.05, 3.63) is 41.5 Å². The maximum Gasteiger partial charge on any atom is -0.0162 e. The molecule has 2 aliphatic carbocycles. The van der Waals surface area contributed by atoms with Gasteiger partial charge in [0.1, 0.15) is 0 Å². The van der Waals surface area contributed by atoms with Crippen LogP contribution >= 0.6 is 0 Å². The van der Waals surface area contributed by atoms with E-state index in [-0.39, 0.29) is 0 Å². The fourth-order valence-electron chi connectivity index (χ4n) is 4.47. The molecule has 0 spiro atoms. The number of benzene rings is 1. The molecule has 0 N–H and O–H groups in total. The summed E-state index contributed by atoms with van der Waals surface area (Å²) < 4.78 is 0. The molecule has 0 saturated heterocycles. The molecule has 1 atom stereocenters. The van der Waals surface area contributed by atoms with E-state index in [1.165, 1.54) is 69.8 Å². The minimum atomic E-state index is 0.822. The van der Waals surface area contributed by atoms with Crippen molar-refractivity contribution in [3.63, 3.8) is 0 Å². The van der Waals surface area contributed by atoms with Gasteiger partial charge in [-0.1, -0.05) is 63.5 Å². The van der Waals surface area contributed by atoms with Gasteiger partial charge in [0.15, 0.2) is 0 Å². The number of hydrogen-bond donors (Lipinski definition) is 0. The lowest BCUT2D eigenvalue weighted by molar-refractivity contribution is 0.304. The molecule has 126 valence electrons. The molecular weight excluding hydrogens is 276 g/mol. The minimum absolute atomic E-state index is 0.822. The van der Waals surface area contributed by atoms with Gasteiger partial charge in [0.2, 0.25) is 0 Å². The molecule has 2 aliphatic rings. The first-order chi connectivity index (χ1) is 11.3. The third kappa shape index (κ3) is 4.49.